The van der Waals surface area contributed by atoms with Crippen LogP contribution in [0.15, 0.2) is 59.8 Å². The highest BCUT2D eigenvalue weighted by molar-refractivity contribution is 8.00. The lowest BCUT2D eigenvalue weighted by Gasteiger charge is -2.11. The third kappa shape index (κ3) is 3.26. The Morgan fingerprint density at radius 3 is 2.42 bits per heavy atom. The van der Waals surface area contributed by atoms with E-state index >= 15 is 0 Å². The number of thioether (sulfide) groups is 1. The Balaban J connectivity index is 2.10. The number of nitrogens with zero attached hydrogens (tertiary/aromatic N) is 4. The van der Waals surface area contributed by atoms with Crippen molar-refractivity contribution in [3.05, 3.63) is 54.6 Å². The van der Waals surface area contributed by atoms with Crippen LogP contribution < -0.4 is 4.74 Å². The van der Waals surface area contributed by atoms with E-state index in [1.54, 1.807) is 7.11 Å². The maximum atomic E-state index is 9.10. The quantitative estimate of drug-likeness (QED) is 0.660. The van der Waals surface area contributed by atoms with Crippen LogP contribution in [0.25, 0.3) is 17.1 Å². The molecule has 24 heavy (non-hydrogen) atoms. The fourth-order valence-corrected chi connectivity index (χ4v) is 3.02. The number of benzene rings is 2. The van der Waals surface area contributed by atoms with Crippen LogP contribution in [-0.2, 0) is 0 Å². The van der Waals surface area contributed by atoms with Crippen molar-refractivity contribution in [1.29, 1.82) is 5.26 Å². The summed E-state index contributed by atoms with van der Waals surface area (Å²) in [5, 5.41) is 18.2. The van der Waals surface area contributed by atoms with Crippen LogP contribution >= 0.6 is 11.8 Å². The highest BCUT2D eigenvalue weighted by Crippen LogP contribution is 2.30. The largest absolute Gasteiger partial charge is 0.497 e. The van der Waals surface area contributed by atoms with Crippen LogP contribution in [0, 0.1) is 11.3 Å². The number of aromatic nitrogens is 3. The first-order chi connectivity index (χ1) is 11.7. The molecule has 1 atom stereocenters. The number of nitriles is 1. The molecule has 3 aromatic rings. The molecule has 0 saturated heterocycles. The minimum atomic E-state index is -0.208. The van der Waals surface area contributed by atoms with Gasteiger partial charge in [0.2, 0.25) is 0 Å². The summed E-state index contributed by atoms with van der Waals surface area (Å²) in [6.07, 6.45) is 0. The smallest absolute Gasteiger partial charge is 0.197 e. The Bertz CT molecular complexity index is 853. The first-order valence-electron chi connectivity index (χ1n) is 7.44. The zero-order valence-corrected chi connectivity index (χ0v) is 14.2. The van der Waals surface area contributed by atoms with Gasteiger partial charge in [-0.25, -0.2) is 0 Å². The van der Waals surface area contributed by atoms with Crippen LogP contribution in [0.2, 0.25) is 0 Å². The second kappa shape index (κ2) is 7.20. The van der Waals surface area contributed by atoms with Gasteiger partial charge in [-0.2, -0.15) is 5.26 Å². The minimum absolute atomic E-state index is 0.208. The molecule has 0 saturated carbocycles. The Hall–Kier alpha value is -2.78. The summed E-state index contributed by atoms with van der Waals surface area (Å²) in [7, 11) is 1.64. The zero-order chi connectivity index (χ0) is 16.9. The van der Waals surface area contributed by atoms with E-state index in [2.05, 4.69) is 16.3 Å². The summed E-state index contributed by atoms with van der Waals surface area (Å²) < 4.78 is 7.18. The van der Waals surface area contributed by atoms with Crippen LogP contribution in [0.1, 0.15) is 6.92 Å². The molecule has 0 aliphatic heterocycles. The summed E-state index contributed by atoms with van der Waals surface area (Å²) in [4.78, 5) is 0. The van der Waals surface area contributed by atoms with E-state index < -0.39 is 0 Å². The normalized spacial score (nSPS) is 11.7. The molecule has 0 fully saturated rings. The van der Waals surface area contributed by atoms with Gasteiger partial charge >= 0.3 is 0 Å². The number of ether oxygens (including phenoxy) is 1. The maximum Gasteiger partial charge on any atom is 0.197 e. The minimum Gasteiger partial charge on any atom is -0.497 e. The SMILES string of the molecule is COc1ccc(-c2nnc(SC(C)C#N)n2-c2ccccc2)cc1. The first kappa shape index (κ1) is 16.1. The van der Waals surface area contributed by atoms with Crippen molar-refractivity contribution in [2.45, 2.75) is 17.3 Å². The molecule has 0 aliphatic rings. The molecule has 1 unspecified atom stereocenters. The molecule has 5 nitrogen and oxygen atoms in total. The summed E-state index contributed by atoms with van der Waals surface area (Å²) >= 11 is 1.39. The average Bonchev–Trinajstić information content (AvgIpc) is 3.05. The van der Waals surface area contributed by atoms with Gasteiger partial charge in [0.1, 0.15) is 5.75 Å². The molecule has 0 radical (unpaired) electrons. The molecule has 0 bridgehead atoms. The van der Waals surface area contributed by atoms with Gasteiger partial charge in [-0.15, -0.1) is 10.2 Å². The predicted molar refractivity (Wildman–Crippen MR) is 94.3 cm³/mol. The molecule has 0 amide bonds. The Morgan fingerprint density at radius 1 is 1.08 bits per heavy atom. The molecular weight excluding hydrogens is 320 g/mol. The van der Waals surface area contributed by atoms with E-state index in [9.17, 15) is 0 Å². The molecule has 2 aromatic carbocycles. The topological polar surface area (TPSA) is 63.7 Å². The van der Waals surface area contributed by atoms with Crippen molar-refractivity contribution >= 4 is 11.8 Å². The van der Waals surface area contributed by atoms with Gasteiger partial charge in [0, 0.05) is 11.3 Å². The lowest BCUT2D eigenvalue weighted by molar-refractivity contribution is 0.415. The van der Waals surface area contributed by atoms with Crippen molar-refractivity contribution in [2.24, 2.45) is 0 Å². The van der Waals surface area contributed by atoms with Crippen molar-refractivity contribution in [1.82, 2.24) is 14.8 Å². The van der Waals surface area contributed by atoms with Crippen molar-refractivity contribution in [3.63, 3.8) is 0 Å². The van der Waals surface area contributed by atoms with Crippen molar-refractivity contribution < 1.29 is 4.74 Å². The third-order valence-electron chi connectivity index (χ3n) is 3.46. The van der Waals surface area contributed by atoms with Crippen LogP contribution in [0.5, 0.6) is 5.75 Å². The Labute approximate surface area is 144 Å². The van der Waals surface area contributed by atoms with Gasteiger partial charge < -0.3 is 4.74 Å². The number of methoxy groups -OCH3 is 1. The monoisotopic (exact) mass is 336 g/mol. The van der Waals surface area contributed by atoms with Gasteiger partial charge in [-0.1, -0.05) is 30.0 Å². The Kier molecular flexibility index (Phi) is 4.82. The molecule has 1 heterocycles. The summed E-state index contributed by atoms with van der Waals surface area (Å²) in [6.45, 7) is 1.85. The van der Waals surface area contributed by atoms with Crippen LogP contribution in [0.3, 0.4) is 0 Å². The second-order valence-electron chi connectivity index (χ2n) is 5.09. The van der Waals surface area contributed by atoms with E-state index in [1.807, 2.05) is 66.1 Å². The number of para-hydroxylation sites is 1. The van der Waals surface area contributed by atoms with Crippen LogP contribution in [0.4, 0.5) is 0 Å². The average molecular weight is 336 g/mol. The molecule has 0 spiro atoms. The zero-order valence-electron chi connectivity index (χ0n) is 13.4. The van der Waals surface area contributed by atoms with Gasteiger partial charge in [0.05, 0.1) is 18.4 Å². The molecule has 120 valence electrons. The molecule has 1 aromatic heterocycles. The predicted octanol–water partition coefficient (Wildman–Crippen LogP) is 3.95. The summed E-state index contributed by atoms with van der Waals surface area (Å²) in [5.74, 6) is 1.52. The van der Waals surface area contributed by atoms with Crippen molar-refractivity contribution in [3.8, 4) is 28.9 Å². The first-order valence-corrected chi connectivity index (χ1v) is 8.32. The maximum absolute atomic E-state index is 9.10. The van der Waals surface area contributed by atoms with Gasteiger partial charge in [-0.05, 0) is 43.3 Å². The summed E-state index contributed by atoms with van der Waals surface area (Å²) in [6, 6.07) is 19.8. The number of rotatable bonds is 5. The molecular formula is C18H16N4OS. The van der Waals surface area contributed by atoms with E-state index in [0.29, 0.717) is 5.16 Å². The number of hydrogen-bond donors (Lipinski definition) is 0. The van der Waals surface area contributed by atoms with Crippen molar-refractivity contribution in [2.75, 3.05) is 7.11 Å². The molecule has 3 rings (SSSR count). The fraction of sp³-hybridized carbons (Fsp3) is 0.167. The van der Waals surface area contributed by atoms with Crippen LogP contribution in [-0.4, -0.2) is 27.1 Å². The van der Waals surface area contributed by atoms with E-state index in [0.717, 1.165) is 22.8 Å². The lowest BCUT2D eigenvalue weighted by atomic mass is 10.2. The summed E-state index contributed by atoms with van der Waals surface area (Å²) in [5.41, 5.74) is 1.89. The highest BCUT2D eigenvalue weighted by Gasteiger charge is 2.18. The highest BCUT2D eigenvalue weighted by atomic mass is 32.2. The van der Waals surface area contributed by atoms with Gasteiger partial charge in [0.25, 0.3) is 0 Å². The molecule has 0 N–H and O–H groups in total. The third-order valence-corrected chi connectivity index (χ3v) is 4.39. The van der Waals surface area contributed by atoms with Gasteiger partial charge in [0.15, 0.2) is 11.0 Å². The molecule has 0 aliphatic carbocycles. The Morgan fingerprint density at radius 2 is 1.79 bits per heavy atom. The number of hydrogen-bond acceptors (Lipinski definition) is 5. The second-order valence-corrected chi connectivity index (χ2v) is 6.40. The van der Waals surface area contributed by atoms with E-state index in [4.69, 9.17) is 10.00 Å². The van der Waals surface area contributed by atoms with Gasteiger partial charge in [-0.3, -0.25) is 4.57 Å². The van der Waals surface area contributed by atoms with E-state index in [-0.39, 0.29) is 5.25 Å². The fourth-order valence-electron chi connectivity index (χ4n) is 2.27. The molecule has 6 heteroatoms. The van der Waals surface area contributed by atoms with E-state index in [1.165, 1.54) is 11.8 Å². The lowest BCUT2D eigenvalue weighted by Crippen LogP contribution is -2.01. The standard InChI is InChI=1S/C18H16N4OS/c1-13(12-19)24-18-21-20-17(14-8-10-16(23-2)11-9-14)22(18)15-6-4-3-5-7-15/h3-11,13H,1-2H3.